The largest absolute Gasteiger partial charge is 0.451 e. The minimum atomic E-state index is -3.59. The molecule has 0 radical (unpaired) electrons. The second-order valence-electron chi connectivity index (χ2n) is 6.94. The van der Waals surface area contributed by atoms with Crippen LogP contribution in [0.1, 0.15) is 35.5 Å². The smallest absolute Gasteiger partial charge is 0.287 e. The number of furan rings is 1. The Hall–Kier alpha value is -2.35. The predicted octanol–water partition coefficient (Wildman–Crippen LogP) is 4.40. The lowest BCUT2D eigenvalue weighted by Crippen LogP contribution is -2.30. The van der Waals surface area contributed by atoms with Crippen LogP contribution in [0.2, 0.25) is 5.02 Å². The third-order valence-electron chi connectivity index (χ3n) is 5.07. The monoisotopic (exact) mass is 448 g/mol. The maximum Gasteiger partial charge on any atom is 0.287 e. The number of fused-ring (bicyclic) bond motifs is 1. The average molecular weight is 449 g/mol. The number of nitrogens with one attached hydrogen (secondary N) is 1. The predicted molar refractivity (Wildman–Crippen MR) is 119 cm³/mol. The van der Waals surface area contributed by atoms with Crippen molar-refractivity contribution in [3.8, 4) is 0 Å². The van der Waals surface area contributed by atoms with E-state index in [1.807, 2.05) is 24.3 Å². The summed E-state index contributed by atoms with van der Waals surface area (Å²) in [6.45, 7) is 6.58. The fourth-order valence-corrected chi connectivity index (χ4v) is 4.95. The van der Waals surface area contributed by atoms with Crippen LogP contribution in [0.4, 0.5) is 0 Å². The molecule has 0 spiro atoms. The Morgan fingerprint density at radius 1 is 1.10 bits per heavy atom. The summed E-state index contributed by atoms with van der Waals surface area (Å²) in [5.74, 6) is -0.135. The van der Waals surface area contributed by atoms with Crippen molar-refractivity contribution >= 4 is 38.5 Å². The van der Waals surface area contributed by atoms with E-state index in [0.29, 0.717) is 47.6 Å². The van der Waals surface area contributed by atoms with Gasteiger partial charge in [0, 0.05) is 35.6 Å². The van der Waals surface area contributed by atoms with Crippen molar-refractivity contribution in [1.29, 1.82) is 0 Å². The molecule has 0 saturated heterocycles. The lowest BCUT2D eigenvalue weighted by molar-refractivity contribution is 0.0927. The van der Waals surface area contributed by atoms with Crippen LogP contribution >= 0.6 is 11.6 Å². The van der Waals surface area contributed by atoms with Gasteiger partial charge in [-0.05, 0) is 49.2 Å². The first-order valence-corrected chi connectivity index (χ1v) is 11.7. The Morgan fingerprint density at radius 2 is 1.77 bits per heavy atom. The fraction of sp³-hybridized carbons (Fsp3) is 0.318. The topological polar surface area (TPSA) is 79.6 Å². The third-order valence-corrected chi connectivity index (χ3v) is 7.37. The molecule has 0 bridgehead atoms. The Kier molecular flexibility index (Phi) is 6.85. The van der Waals surface area contributed by atoms with Crippen molar-refractivity contribution < 1.29 is 17.6 Å². The fourth-order valence-electron chi connectivity index (χ4n) is 3.34. The van der Waals surface area contributed by atoms with Crippen LogP contribution in [-0.4, -0.2) is 38.3 Å². The first-order valence-electron chi connectivity index (χ1n) is 9.83. The van der Waals surface area contributed by atoms with Gasteiger partial charge in [-0.2, -0.15) is 4.31 Å². The number of aryl methyl sites for hydroxylation is 1. The molecule has 160 valence electrons. The summed E-state index contributed by atoms with van der Waals surface area (Å²) >= 11 is 5.88. The summed E-state index contributed by atoms with van der Waals surface area (Å²) in [4.78, 5) is 12.8. The average Bonchev–Trinajstić information content (AvgIpc) is 3.06. The van der Waals surface area contributed by atoms with Gasteiger partial charge < -0.3 is 9.73 Å². The molecule has 0 aliphatic heterocycles. The van der Waals surface area contributed by atoms with Crippen LogP contribution < -0.4 is 5.32 Å². The quantitative estimate of drug-likeness (QED) is 0.554. The van der Waals surface area contributed by atoms with Crippen LogP contribution in [-0.2, 0) is 16.4 Å². The first-order chi connectivity index (χ1) is 14.3. The van der Waals surface area contributed by atoms with Gasteiger partial charge in [-0.3, -0.25) is 4.79 Å². The van der Waals surface area contributed by atoms with Crippen molar-refractivity contribution in [2.75, 3.05) is 19.6 Å². The zero-order valence-corrected chi connectivity index (χ0v) is 18.8. The molecule has 0 aliphatic rings. The Morgan fingerprint density at radius 3 is 2.40 bits per heavy atom. The molecule has 0 unspecified atom stereocenters. The number of benzene rings is 2. The lowest BCUT2D eigenvalue weighted by atomic mass is 10.1. The van der Waals surface area contributed by atoms with Gasteiger partial charge in [-0.1, -0.05) is 37.6 Å². The summed E-state index contributed by atoms with van der Waals surface area (Å²) < 4.78 is 32.7. The van der Waals surface area contributed by atoms with Crippen LogP contribution in [0.3, 0.4) is 0 Å². The number of nitrogens with zero attached hydrogens (tertiary/aromatic N) is 1. The van der Waals surface area contributed by atoms with E-state index in [-0.39, 0.29) is 16.6 Å². The zero-order valence-electron chi connectivity index (χ0n) is 17.2. The number of sulfonamides is 1. The molecule has 2 aromatic carbocycles. The van der Waals surface area contributed by atoms with E-state index in [9.17, 15) is 13.2 Å². The number of amides is 1. The second-order valence-corrected chi connectivity index (χ2v) is 9.31. The summed E-state index contributed by atoms with van der Waals surface area (Å²) in [6, 6.07) is 12.1. The van der Waals surface area contributed by atoms with Gasteiger partial charge in [0.05, 0.1) is 4.90 Å². The minimum Gasteiger partial charge on any atom is -0.451 e. The van der Waals surface area contributed by atoms with Gasteiger partial charge in [0.1, 0.15) is 5.58 Å². The Balaban J connectivity index is 1.79. The molecule has 6 nitrogen and oxygen atoms in total. The first kappa shape index (κ1) is 22.3. The van der Waals surface area contributed by atoms with Gasteiger partial charge in [0.2, 0.25) is 10.0 Å². The molecule has 1 N–H and O–H groups in total. The molecular weight excluding hydrogens is 424 g/mol. The molecule has 0 saturated carbocycles. The molecule has 30 heavy (non-hydrogen) atoms. The number of rotatable bonds is 8. The van der Waals surface area contributed by atoms with Crippen molar-refractivity contribution in [2.45, 2.75) is 32.1 Å². The van der Waals surface area contributed by atoms with Crippen molar-refractivity contribution in [1.82, 2.24) is 9.62 Å². The summed E-state index contributed by atoms with van der Waals surface area (Å²) in [6.07, 6.45) is 0.661. The molecule has 1 heterocycles. The number of carbonyl (C=O) groups is 1. The highest BCUT2D eigenvalue weighted by Gasteiger charge is 2.24. The molecule has 0 aliphatic carbocycles. The van der Waals surface area contributed by atoms with Gasteiger partial charge in [0.25, 0.3) is 5.91 Å². The summed E-state index contributed by atoms with van der Waals surface area (Å²) in [7, 11) is -3.59. The van der Waals surface area contributed by atoms with Gasteiger partial charge in [0.15, 0.2) is 5.76 Å². The number of hydrogen-bond acceptors (Lipinski definition) is 4. The van der Waals surface area contributed by atoms with Gasteiger partial charge in [-0.25, -0.2) is 8.42 Å². The maximum atomic E-state index is 12.8. The van der Waals surface area contributed by atoms with E-state index in [1.165, 1.54) is 10.4 Å². The number of hydrogen-bond donors (Lipinski definition) is 1. The van der Waals surface area contributed by atoms with E-state index in [0.717, 1.165) is 5.56 Å². The van der Waals surface area contributed by atoms with Crippen LogP contribution in [0, 0.1) is 6.92 Å². The molecule has 3 rings (SSSR count). The van der Waals surface area contributed by atoms with Crippen LogP contribution in [0.15, 0.2) is 51.8 Å². The highest BCUT2D eigenvalue weighted by atomic mass is 35.5. The Labute approximate surface area is 181 Å². The Bertz CT molecular complexity index is 1150. The molecule has 1 amide bonds. The summed E-state index contributed by atoms with van der Waals surface area (Å²) in [5.41, 5.74) is 2.16. The standard InChI is InChI=1S/C22H25ClN2O4S/c1-4-25(5-2)30(27,28)18-10-11-20-19(14-18)15(3)21(29-20)22(26)24-13-12-16-6-8-17(23)9-7-16/h6-11,14H,4-5,12-13H2,1-3H3,(H,24,26). The van der Waals surface area contributed by atoms with Crippen molar-refractivity contribution in [3.63, 3.8) is 0 Å². The van der Waals surface area contributed by atoms with E-state index in [1.54, 1.807) is 32.9 Å². The SMILES string of the molecule is CCN(CC)S(=O)(=O)c1ccc2oc(C(=O)NCCc3ccc(Cl)cc3)c(C)c2c1. The van der Waals surface area contributed by atoms with Crippen LogP contribution in [0.5, 0.6) is 0 Å². The normalized spacial score (nSPS) is 11.9. The number of carbonyl (C=O) groups excluding carboxylic acids is 1. The minimum absolute atomic E-state index is 0.192. The van der Waals surface area contributed by atoms with Crippen molar-refractivity contribution in [2.24, 2.45) is 0 Å². The number of halogens is 1. The van der Waals surface area contributed by atoms with Gasteiger partial charge in [-0.15, -0.1) is 0 Å². The van der Waals surface area contributed by atoms with E-state index in [2.05, 4.69) is 5.32 Å². The van der Waals surface area contributed by atoms with E-state index in [4.69, 9.17) is 16.0 Å². The molecule has 0 atom stereocenters. The van der Waals surface area contributed by atoms with Crippen LogP contribution in [0.25, 0.3) is 11.0 Å². The highest BCUT2D eigenvalue weighted by molar-refractivity contribution is 7.89. The van der Waals surface area contributed by atoms with E-state index >= 15 is 0 Å². The third kappa shape index (κ3) is 4.53. The highest BCUT2D eigenvalue weighted by Crippen LogP contribution is 2.29. The van der Waals surface area contributed by atoms with Gasteiger partial charge >= 0.3 is 0 Å². The molecule has 0 fully saturated rings. The second kappa shape index (κ2) is 9.20. The maximum absolute atomic E-state index is 12.8. The zero-order chi connectivity index (χ0) is 21.9. The molecule has 1 aromatic heterocycles. The molecular formula is C22H25ClN2O4S. The summed E-state index contributed by atoms with van der Waals surface area (Å²) in [5, 5.41) is 4.14. The van der Waals surface area contributed by atoms with Crippen molar-refractivity contribution in [3.05, 3.63) is 64.4 Å². The van der Waals surface area contributed by atoms with E-state index < -0.39 is 10.0 Å². The molecule has 3 aromatic rings. The molecule has 8 heteroatoms. The lowest BCUT2D eigenvalue weighted by Gasteiger charge is -2.18.